The van der Waals surface area contributed by atoms with Crippen LogP contribution in [-0.2, 0) is 22.6 Å². The van der Waals surface area contributed by atoms with Crippen LogP contribution in [0.25, 0.3) is 0 Å². The van der Waals surface area contributed by atoms with Crippen molar-refractivity contribution in [3.8, 4) is 0 Å². The van der Waals surface area contributed by atoms with Crippen LogP contribution in [0.15, 0.2) is 48.5 Å². The van der Waals surface area contributed by atoms with E-state index in [9.17, 15) is 9.59 Å². The number of carbonyl (C=O) groups is 2. The SMILES string of the molecule is CC(C)NC(=O)[C@@H](C)N(Cc1c(Cl)cccc1Cl)C(=O)Cc1ccccc1. The van der Waals surface area contributed by atoms with Crippen LogP contribution in [0.3, 0.4) is 0 Å². The van der Waals surface area contributed by atoms with Gasteiger partial charge in [-0.15, -0.1) is 0 Å². The molecule has 27 heavy (non-hydrogen) atoms. The van der Waals surface area contributed by atoms with Crippen molar-refractivity contribution in [3.63, 3.8) is 0 Å². The molecule has 2 aromatic carbocycles. The summed E-state index contributed by atoms with van der Waals surface area (Å²) >= 11 is 12.6. The van der Waals surface area contributed by atoms with Gasteiger partial charge in [-0.1, -0.05) is 59.6 Å². The van der Waals surface area contributed by atoms with Gasteiger partial charge in [0.15, 0.2) is 0 Å². The van der Waals surface area contributed by atoms with Crippen LogP contribution in [0.2, 0.25) is 10.0 Å². The summed E-state index contributed by atoms with van der Waals surface area (Å²) in [7, 11) is 0. The minimum atomic E-state index is -0.657. The van der Waals surface area contributed by atoms with E-state index in [-0.39, 0.29) is 30.8 Å². The van der Waals surface area contributed by atoms with E-state index in [0.717, 1.165) is 5.56 Å². The van der Waals surface area contributed by atoms with Gasteiger partial charge >= 0.3 is 0 Å². The zero-order chi connectivity index (χ0) is 20.0. The van der Waals surface area contributed by atoms with E-state index in [4.69, 9.17) is 23.2 Å². The summed E-state index contributed by atoms with van der Waals surface area (Å²) in [6.07, 6.45) is 0.197. The third-order valence-electron chi connectivity index (χ3n) is 4.19. The summed E-state index contributed by atoms with van der Waals surface area (Å²) in [5.74, 6) is -0.377. The Morgan fingerprint density at radius 2 is 1.56 bits per heavy atom. The summed E-state index contributed by atoms with van der Waals surface area (Å²) in [5.41, 5.74) is 1.51. The number of rotatable bonds is 7. The first kappa shape index (κ1) is 21.3. The molecular formula is C21H24Cl2N2O2. The van der Waals surface area contributed by atoms with Crippen molar-refractivity contribution in [2.45, 2.75) is 45.8 Å². The number of carbonyl (C=O) groups excluding carboxylic acids is 2. The smallest absolute Gasteiger partial charge is 0.242 e. The van der Waals surface area contributed by atoms with Gasteiger partial charge in [0.25, 0.3) is 0 Å². The molecule has 0 bridgehead atoms. The van der Waals surface area contributed by atoms with Crippen LogP contribution < -0.4 is 5.32 Å². The number of hydrogen-bond donors (Lipinski definition) is 1. The minimum absolute atomic E-state index is 0.0186. The van der Waals surface area contributed by atoms with E-state index >= 15 is 0 Å². The molecular weight excluding hydrogens is 383 g/mol. The van der Waals surface area contributed by atoms with E-state index < -0.39 is 6.04 Å². The van der Waals surface area contributed by atoms with Crippen molar-refractivity contribution in [3.05, 3.63) is 69.7 Å². The topological polar surface area (TPSA) is 49.4 Å². The predicted octanol–water partition coefficient (Wildman–Crippen LogP) is 4.48. The molecule has 1 N–H and O–H groups in total. The maximum absolute atomic E-state index is 13.0. The molecule has 4 nitrogen and oxygen atoms in total. The normalized spacial score (nSPS) is 11.9. The quantitative estimate of drug-likeness (QED) is 0.736. The Bertz CT molecular complexity index is 774. The minimum Gasteiger partial charge on any atom is -0.352 e. The van der Waals surface area contributed by atoms with Crippen LogP contribution in [0.5, 0.6) is 0 Å². The van der Waals surface area contributed by atoms with E-state index in [1.807, 2.05) is 44.2 Å². The molecule has 1 atom stereocenters. The standard InChI is InChI=1S/C21H24Cl2N2O2/c1-14(2)24-21(27)15(3)25(13-17-18(22)10-7-11-19(17)23)20(26)12-16-8-5-4-6-9-16/h4-11,14-15H,12-13H2,1-3H3,(H,24,27)/t15-/m1/s1. The second-order valence-corrected chi connectivity index (χ2v) is 7.54. The highest BCUT2D eigenvalue weighted by Gasteiger charge is 2.27. The molecule has 0 heterocycles. The fourth-order valence-electron chi connectivity index (χ4n) is 2.71. The molecule has 0 aromatic heterocycles. The average molecular weight is 407 g/mol. The summed E-state index contributed by atoms with van der Waals surface area (Å²) in [4.78, 5) is 27.1. The van der Waals surface area contributed by atoms with Gasteiger partial charge in [0.05, 0.1) is 6.42 Å². The van der Waals surface area contributed by atoms with Crippen molar-refractivity contribution in [2.75, 3.05) is 0 Å². The first-order valence-corrected chi connectivity index (χ1v) is 9.61. The second kappa shape index (κ2) is 9.77. The van der Waals surface area contributed by atoms with E-state index in [1.165, 1.54) is 4.90 Å². The molecule has 144 valence electrons. The summed E-state index contributed by atoms with van der Waals surface area (Å²) < 4.78 is 0. The van der Waals surface area contributed by atoms with Crippen LogP contribution in [0.4, 0.5) is 0 Å². The Morgan fingerprint density at radius 1 is 0.963 bits per heavy atom. The first-order valence-electron chi connectivity index (χ1n) is 8.86. The number of nitrogens with one attached hydrogen (secondary N) is 1. The molecule has 0 aliphatic heterocycles. The lowest BCUT2D eigenvalue weighted by Gasteiger charge is -2.30. The second-order valence-electron chi connectivity index (χ2n) is 6.72. The van der Waals surface area contributed by atoms with Gasteiger partial charge in [0, 0.05) is 28.2 Å². The highest BCUT2D eigenvalue weighted by atomic mass is 35.5. The Balaban J connectivity index is 2.29. The molecule has 0 saturated carbocycles. The molecule has 0 aliphatic carbocycles. The predicted molar refractivity (Wildman–Crippen MR) is 110 cm³/mol. The lowest BCUT2D eigenvalue weighted by molar-refractivity contribution is -0.140. The van der Waals surface area contributed by atoms with Gasteiger partial charge < -0.3 is 10.2 Å². The highest BCUT2D eigenvalue weighted by molar-refractivity contribution is 6.36. The number of amides is 2. The van der Waals surface area contributed by atoms with Crippen molar-refractivity contribution in [1.29, 1.82) is 0 Å². The van der Waals surface area contributed by atoms with E-state index in [2.05, 4.69) is 5.32 Å². The molecule has 6 heteroatoms. The van der Waals surface area contributed by atoms with Gasteiger partial charge in [-0.05, 0) is 38.5 Å². The van der Waals surface area contributed by atoms with Crippen LogP contribution in [0.1, 0.15) is 31.9 Å². The number of hydrogen-bond acceptors (Lipinski definition) is 2. The zero-order valence-corrected chi connectivity index (χ0v) is 17.2. The zero-order valence-electron chi connectivity index (χ0n) is 15.7. The number of benzene rings is 2. The lowest BCUT2D eigenvalue weighted by Crippen LogP contribution is -2.49. The fourth-order valence-corrected chi connectivity index (χ4v) is 3.23. The van der Waals surface area contributed by atoms with Gasteiger partial charge in [-0.2, -0.15) is 0 Å². The van der Waals surface area contributed by atoms with Crippen LogP contribution >= 0.6 is 23.2 Å². The third kappa shape index (κ3) is 5.98. The van der Waals surface area contributed by atoms with E-state index in [0.29, 0.717) is 15.6 Å². The Kier molecular flexibility index (Phi) is 7.69. The van der Waals surface area contributed by atoms with Crippen molar-refractivity contribution >= 4 is 35.0 Å². The molecule has 0 radical (unpaired) electrons. The fraction of sp³-hybridized carbons (Fsp3) is 0.333. The Labute approximate surface area is 170 Å². The lowest BCUT2D eigenvalue weighted by atomic mass is 10.1. The van der Waals surface area contributed by atoms with Crippen molar-refractivity contribution in [1.82, 2.24) is 10.2 Å². The highest BCUT2D eigenvalue weighted by Crippen LogP contribution is 2.26. The Morgan fingerprint density at radius 3 is 2.11 bits per heavy atom. The molecule has 2 amide bonds. The van der Waals surface area contributed by atoms with E-state index in [1.54, 1.807) is 25.1 Å². The van der Waals surface area contributed by atoms with Crippen LogP contribution in [-0.4, -0.2) is 28.8 Å². The molecule has 0 saturated heterocycles. The largest absolute Gasteiger partial charge is 0.352 e. The Hall–Kier alpha value is -2.04. The van der Waals surface area contributed by atoms with Gasteiger partial charge in [-0.25, -0.2) is 0 Å². The van der Waals surface area contributed by atoms with Crippen molar-refractivity contribution < 1.29 is 9.59 Å². The van der Waals surface area contributed by atoms with Crippen LogP contribution in [0, 0.1) is 0 Å². The molecule has 0 spiro atoms. The first-order chi connectivity index (χ1) is 12.8. The average Bonchev–Trinajstić information content (AvgIpc) is 2.61. The monoisotopic (exact) mass is 406 g/mol. The molecule has 0 fully saturated rings. The third-order valence-corrected chi connectivity index (χ3v) is 4.89. The maximum Gasteiger partial charge on any atom is 0.242 e. The summed E-state index contributed by atoms with van der Waals surface area (Å²) in [5, 5.41) is 3.80. The summed E-state index contributed by atoms with van der Waals surface area (Å²) in [6, 6.07) is 14.0. The maximum atomic E-state index is 13.0. The molecule has 0 aliphatic rings. The van der Waals surface area contributed by atoms with Gasteiger partial charge in [-0.3, -0.25) is 9.59 Å². The van der Waals surface area contributed by atoms with Gasteiger partial charge in [0.1, 0.15) is 6.04 Å². The molecule has 0 unspecified atom stereocenters. The van der Waals surface area contributed by atoms with Gasteiger partial charge in [0.2, 0.25) is 11.8 Å². The molecule has 2 aromatic rings. The summed E-state index contributed by atoms with van der Waals surface area (Å²) in [6.45, 7) is 5.64. The molecule has 2 rings (SSSR count). The van der Waals surface area contributed by atoms with Crippen molar-refractivity contribution in [2.24, 2.45) is 0 Å². The number of halogens is 2. The number of nitrogens with zero attached hydrogens (tertiary/aromatic N) is 1.